The van der Waals surface area contributed by atoms with Crippen molar-refractivity contribution < 1.29 is 9.59 Å². The van der Waals surface area contributed by atoms with Crippen molar-refractivity contribution in [1.29, 1.82) is 0 Å². The molecule has 1 aliphatic rings. The monoisotopic (exact) mass is 335 g/mol. The number of benzene rings is 1. The molecule has 1 atom stereocenters. The summed E-state index contributed by atoms with van der Waals surface area (Å²) in [5.41, 5.74) is 0.999. The summed E-state index contributed by atoms with van der Waals surface area (Å²) in [6.45, 7) is 0.926. The first kappa shape index (κ1) is 15.0. The molecular formula is C15H14ClN3O2S. The van der Waals surface area contributed by atoms with E-state index in [2.05, 4.69) is 10.3 Å². The number of carbonyl (C=O) groups excluding carboxylic acids is 2. The molecule has 114 valence electrons. The topological polar surface area (TPSA) is 62.3 Å². The van der Waals surface area contributed by atoms with Crippen molar-refractivity contribution in [1.82, 2.24) is 9.88 Å². The summed E-state index contributed by atoms with van der Waals surface area (Å²) in [4.78, 5) is 30.0. The average molecular weight is 336 g/mol. The average Bonchev–Trinajstić information content (AvgIpc) is 3.12. The van der Waals surface area contributed by atoms with Gasteiger partial charge in [-0.3, -0.25) is 9.59 Å². The van der Waals surface area contributed by atoms with Gasteiger partial charge in [-0.05, 0) is 17.7 Å². The molecule has 1 unspecified atom stereocenters. The van der Waals surface area contributed by atoms with Crippen LogP contribution in [0, 0.1) is 5.92 Å². The zero-order valence-corrected chi connectivity index (χ0v) is 13.2. The summed E-state index contributed by atoms with van der Waals surface area (Å²) < 4.78 is 0. The van der Waals surface area contributed by atoms with Crippen molar-refractivity contribution in [2.75, 3.05) is 11.9 Å². The molecule has 1 saturated heterocycles. The lowest BCUT2D eigenvalue weighted by Gasteiger charge is -2.16. The van der Waals surface area contributed by atoms with E-state index >= 15 is 0 Å². The van der Waals surface area contributed by atoms with E-state index in [-0.39, 0.29) is 24.2 Å². The molecule has 0 saturated carbocycles. The van der Waals surface area contributed by atoms with Gasteiger partial charge in [-0.25, -0.2) is 4.98 Å². The molecule has 0 spiro atoms. The first-order chi connectivity index (χ1) is 10.6. The molecule has 1 fully saturated rings. The summed E-state index contributed by atoms with van der Waals surface area (Å²) in [5, 5.41) is 5.77. The van der Waals surface area contributed by atoms with E-state index in [0.717, 1.165) is 5.56 Å². The van der Waals surface area contributed by atoms with Gasteiger partial charge in [-0.1, -0.05) is 23.7 Å². The number of nitrogens with one attached hydrogen (secondary N) is 1. The summed E-state index contributed by atoms with van der Waals surface area (Å²) in [5.74, 6) is -0.486. The minimum atomic E-state index is -0.330. The van der Waals surface area contributed by atoms with Crippen molar-refractivity contribution in [2.24, 2.45) is 5.92 Å². The maximum absolute atomic E-state index is 12.2. The number of hydrogen-bond acceptors (Lipinski definition) is 4. The molecule has 2 aromatic rings. The van der Waals surface area contributed by atoms with Crippen LogP contribution < -0.4 is 5.32 Å². The Morgan fingerprint density at radius 1 is 1.41 bits per heavy atom. The predicted molar refractivity (Wildman–Crippen MR) is 85.7 cm³/mol. The first-order valence-corrected chi connectivity index (χ1v) is 8.10. The number of hydrogen-bond donors (Lipinski definition) is 1. The minimum absolute atomic E-state index is 0.00533. The number of amides is 2. The Kier molecular flexibility index (Phi) is 4.40. The molecule has 1 N–H and O–H groups in total. The molecule has 2 amide bonds. The zero-order chi connectivity index (χ0) is 15.5. The number of aromatic nitrogens is 1. The second-order valence-corrected chi connectivity index (χ2v) is 6.46. The number of likely N-dealkylation sites (tertiary alicyclic amines) is 1. The van der Waals surface area contributed by atoms with Gasteiger partial charge in [0.15, 0.2) is 5.13 Å². The SMILES string of the molecule is O=C(Nc1nccs1)C1CC(=O)N(Cc2ccc(Cl)cc2)C1. The summed E-state index contributed by atoms with van der Waals surface area (Å²) in [6, 6.07) is 7.37. The second-order valence-electron chi connectivity index (χ2n) is 5.13. The Labute approximate surface area is 136 Å². The fourth-order valence-electron chi connectivity index (χ4n) is 2.40. The van der Waals surface area contributed by atoms with Crippen molar-refractivity contribution in [3.05, 3.63) is 46.4 Å². The number of nitrogens with zero attached hydrogens (tertiary/aromatic N) is 2. The smallest absolute Gasteiger partial charge is 0.231 e. The third-order valence-corrected chi connectivity index (χ3v) is 4.47. The standard InChI is InChI=1S/C15H14ClN3O2S/c16-12-3-1-10(2-4-12)8-19-9-11(7-13(19)20)14(21)18-15-17-5-6-22-15/h1-6,11H,7-9H2,(H,17,18,21). The Morgan fingerprint density at radius 2 is 2.18 bits per heavy atom. The fraction of sp³-hybridized carbons (Fsp3) is 0.267. The summed E-state index contributed by atoms with van der Waals surface area (Å²) in [7, 11) is 0. The van der Waals surface area contributed by atoms with E-state index in [1.54, 1.807) is 28.6 Å². The lowest BCUT2D eigenvalue weighted by Crippen LogP contribution is -2.28. The van der Waals surface area contributed by atoms with Crippen molar-refractivity contribution in [2.45, 2.75) is 13.0 Å². The number of rotatable bonds is 4. The lowest BCUT2D eigenvalue weighted by molar-refractivity contribution is -0.128. The van der Waals surface area contributed by atoms with Crippen molar-refractivity contribution in [3.63, 3.8) is 0 Å². The minimum Gasteiger partial charge on any atom is -0.338 e. The highest BCUT2D eigenvalue weighted by Gasteiger charge is 2.34. The molecule has 0 radical (unpaired) electrons. The van der Waals surface area contributed by atoms with Gasteiger partial charge in [-0.2, -0.15) is 0 Å². The Morgan fingerprint density at radius 3 is 2.86 bits per heavy atom. The quantitative estimate of drug-likeness (QED) is 0.934. The van der Waals surface area contributed by atoms with Crippen LogP contribution in [0.3, 0.4) is 0 Å². The number of carbonyl (C=O) groups is 2. The van der Waals surface area contributed by atoms with Crippen LogP contribution in [0.15, 0.2) is 35.8 Å². The molecule has 22 heavy (non-hydrogen) atoms. The van der Waals surface area contributed by atoms with E-state index in [1.165, 1.54) is 11.3 Å². The van der Waals surface area contributed by atoms with Gasteiger partial charge in [0.1, 0.15) is 0 Å². The molecule has 3 rings (SSSR count). The molecular weight excluding hydrogens is 322 g/mol. The molecule has 0 bridgehead atoms. The van der Waals surface area contributed by atoms with Crippen molar-refractivity contribution in [3.8, 4) is 0 Å². The summed E-state index contributed by atoms with van der Waals surface area (Å²) >= 11 is 7.21. The number of halogens is 1. The number of thiazole rings is 1. The van der Waals surface area contributed by atoms with Crippen LogP contribution >= 0.6 is 22.9 Å². The number of anilines is 1. The highest BCUT2D eigenvalue weighted by Crippen LogP contribution is 2.23. The molecule has 0 aliphatic carbocycles. The van der Waals surface area contributed by atoms with Crippen LogP contribution in [0.5, 0.6) is 0 Å². The fourth-order valence-corrected chi connectivity index (χ4v) is 3.06. The Hall–Kier alpha value is -1.92. The van der Waals surface area contributed by atoms with Gasteiger partial charge in [0.2, 0.25) is 11.8 Å². The van der Waals surface area contributed by atoms with E-state index in [4.69, 9.17) is 11.6 Å². The Bertz CT molecular complexity index is 673. The van der Waals surface area contributed by atoms with Crippen molar-refractivity contribution >= 4 is 39.9 Å². The lowest BCUT2D eigenvalue weighted by atomic mass is 10.1. The van der Waals surface area contributed by atoms with Crippen LogP contribution in [-0.4, -0.2) is 28.2 Å². The van der Waals surface area contributed by atoms with Gasteiger partial charge in [0.05, 0.1) is 5.92 Å². The van der Waals surface area contributed by atoms with E-state index in [1.807, 2.05) is 12.1 Å². The molecule has 1 aliphatic heterocycles. The first-order valence-electron chi connectivity index (χ1n) is 6.84. The normalized spacial score (nSPS) is 17.8. The Balaban J connectivity index is 1.60. The molecule has 1 aromatic carbocycles. The van der Waals surface area contributed by atoms with Gasteiger partial charge in [0.25, 0.3) is 0 Å². The second kappa shape index (κ2) is 6.46. The third-order valence-electron chi connectivity index (χ3n) is 3.53. The van der Waals surface area contributed by atoms with Crippen LogP contribution in [0.25, 0.3) is 0 Å². The third kappa shape index (κ3) is 3.45. The van der Waals surface area contributed by atoms with Crippen LogP contribution in [0.1, 0.15) is 12.0 Å². The highest BCUT2D eigenvalue weighted by atomic mass is 35.5. The van der Waals surface area contributed by atoms with E-state index in [9.17, 15) is 9.59 Å². The maximum atomic E-state index is 12.2. The van der Waals surface area contributed by atoms with Gasteiger partial charge in [-0.15, -0.1) is 11.3 Å². The van der Waals surface area contributed by atoms with Gasteiger partial charge in [0, 0.05) is 36.1 Å². The predicted octanol–water partition coefficient (Wildman–Crippen LogP) is 2.78. The van der Waals surface area contributed by atoms with Crippen LogP contribution in [-0.2, 0) is 16.1 Å². The van der Waals surface area contributed by atoms with Crippen LogP contribution in [0.4, 0.5) is 5.13 Å². The van der Waals surface area contributed by atoms with E-state index in [0.29, 0.717) is 23.2 Å². The van der Waals surface area contributed by atoms with Gasteiger partial charge >= 0.3 is 0 Å². The molecule has 5 nitrogen and oxygen atoms in total. The molecule has 1 aromatic heterocycles. The zero-order valence-electron chi connectivity index (χ0n) is 11.7. The molecule has 2 heterocycles. The maximum Gasteiger partial charge on any atom is 0.231 e. The highest BCUT2D eigenvalue weighted by molar-refractivity contribution is 7.13. The van der Waals surface area contributed by atoms with Crippen LogP contribution in [0.2, 0.25) is 5.02 Å². The molecule has 7 heteroatoms. The summed E-state index contributed by atoms with van der Waals surface area (Å²) in [6.07, 6.45) is 1.87. The largest absolute Gasteiger partial charge is 0.338 e. The van der Waals surface area contributed by atoms with Gasteiger partial charge < -0.3 is 10.2 Å². The van der Waals surface area contributed by atoms with E-state index < -0.39 is 0 Å².